The summed E-state index contributed by atoms with van der Waals surface area (Å²) < 4.78 is 11.8. The van der Waals surface area contributed by atoms with E-state index in [0.29, 0.717) is 37.9 Å². The first kappa shape index (κ1) is 23.7. The molecule has 3 saturated heterocycles. The highest BCUT2D eigenvalue weighted by Crippen LogP contribution is 2.63. The van der Waals surface area contributed by atoms with Crippen LogP contribution in [0.3, 0.4) is 0 Å². The molecule has 2 N–H and O–H groups in total. The van der Waals surface area contributed by atoms with E-state index in [-0.39, 0.29) is 25.0 Å². The molecule has 4 rings (SSSR count). The standard InChI is InChI=1S/C25H34N2O6/c1-5-32-23(31)19-18-22(30)27(12-6-7-13-28)20(25(18)11-10-24(19,4)33-25)21(29)26-17-14-15(2)8-9-16(17)3/h8-9,14,18-20,28H,5-7,10-13H2,1-4H3,(H,26,29)/t18-,19+,20?,24-,25?/m0/s1. The minimum atomic E-state index is -1.07. The third kappa shape index (κ3) is 3.73. The number of nitrogens with zero attached hydrogens (tertiary/aromatic N) is 1. The molecule has 33 heavy (non-hydrogen) atoms. The monoisotopic (exact) mass is 458 g/mol. The highest BCUT2D eigenvalue weighted by Gasteiger charge is 2.78. The molecule has 0 saturated carbocycles. The Balaban J connectivity index is 1.72. The number of esters is 1. The van der Waals surface area contributed by atoms with Gasteiger partial charge in [0.1, 0.15) is 17.6 Å². The molecule has 3 heterocycles. The van der Waals surface area contributed by atoms with Crippen LogP contribution in [0, 0.1) is 25.7 Å². The van der Waals surface area contributed by atoms with Gasteiger partial charge in [0.15, 0.2) is 0 Å². The smallest absolute Gasteiger partial charge is 0.312 e. The summed E-state index contributed by atoms with van der Waals surface area (Å²) in [4.78, 5) is 42.0. The van der Waals surface area contributed by atoms with Crippen molar-refractivity contribution in [1.29, 1.82) is 0 Å². The van der Waals surface area contributed by atoms with Crippen LogP contribution in [0.25, 0.3) is 0 Å². The number of carbonyl (C=O) groups is 3. The number of aliphatic hydroxyl groups excluding tert-OH is 1. The maximum Gasteiger partial charge on any atom is 0.312 e. The SMILES string of the molecule is CCOC(=O)[C@H]1[C@H]2C(=O)N(CCCCO)C(C(=O)Nc3cc(C)ccc3C)C23CC[C@]1(C)O3. The Hall–Kier alpha value is -2.45. The third-order valence-electron chi connectivity index (χ3n) is 7.52. The number of aryl methyl sites for hydroxylation is 2. The number of likely N-dealkylation sites (tertiary alicyclic amines) is 1. The topological polar surface area (TPSA) is 105 Å². The van der Waals surface area contributed by atoms with Crippen molar-refractivity contribution in [3.63, 3.8) is 0 Å². The van der Waals surface area contributed by atoms with Crippen LogP contribution in [0.15, 0.2) is 18.2 Å². The Morgan fingerprint density at radius 2 is 2.03 bits per heavy atom. The number of ether oxygens (including phenoxy) is 2. The first-order valence-corrected chi connectivity index (χ1v) is 11.8. The van der Waals surface area contributed by atoms with Crippen molar-refractivity contribution in [2.24, 2.45) is 11.8 Å². The number of rotatable bonds is 8. The fraction of sp³-hybridized carbons (Fsp3) is 0.640. The number of nitrogens with one attached hydrogen (secondary N) is 1. The summed E-state index contributed by atoms with van der Waals surface area (Å²) in [5, 5.41) is 12.3. The first-order chi connectivity index (χ1) is 15.7. The van der Waals surface area contributed by atoms with Crippen LogP contribution in [0.5, 0.6) is 0 Å². The van der Waals surface area contributed by atoms with Crippen molar-refractivity contribution in [2.75, 3.05) is 25.1 Å². The molecule has 2 unspecified atom stereocenters. The number of hydrogen-bond acceptors (Lipinski definition) is 6. The zero-order valence-corrected chi connectivity index (χ0v) is 19.8. The van der Waals surface area contributed by atoms with Crippen LogP contribution in [0.1, 0.15) is 50.7 Å². The van der Waals surface area contributed by atoms with Crippen LogP contribution in [0.2, 0.25) is 0 Å². The first-order valence-electron chi connectivity index (χ1n) is 11.8. The van der Waals surface area contributed by atoms with Gasteiger partial charge in [0.25, 0.3) is 0 Å². The number of anilines is 1. The maximum atomic E-state index is 13.7. The molecule has 0 radical (unpaired) electrons. The highest BCUT2D eigenvalue weighted by molar-refractivity contribution is 6.03. The van der Waals surface area contributed by atoms with E-state index < -0.39 is 35.0 Å². The quantitative estimate of drug-likeness (QED) is 0.458. The summed E-state index contributed by atoms with van der Waals surface area (Å²) in [6.07, 6.45) is 2.18. The summed E-state index contributed by atoms with van der Waals surface area (Å²) >= 11 is 0. The molecule has 3 aliphatic heterocycles. The minimum absolute atomic E-state index is 0.00989. The van der Waals surface area contributed by atoms with Gasteiger partial charge in [-0.15, -0.1) is 0 Å². The molecule has 0 aromatic heterocycles. The Morgan fingerprint density at radius 1 is 1.27 bits per heavy atom. The summed E-state index contributed by atoms with van der Waals surface area (Å²) in [6.45, 7) is 8.01. The van der Waals surface area contributed by atoms with E-state index in [4.69, 9.17) is 9.47 Å². The number of unbranched alkanes of at least 4 members (excludes halogenated alkanes) is 1. The van der Waals surface area contributed by atoms with Crippen LogP contribution >= 0.6 is 0 Å². The summed E-state index contributed by atoms with van der Waals surface area (Å²) in [5.41, 5.74) is 0.740. The molecule has 8 nitrogen and oxygen atoms in total. The van der Waals surface area contributed by atoms with E-state index in [1.54, 1.807) is 11.8 Å². The van der Waals surface area contributed by atoms with Gasteiger partial charge in [0.2, 0.25) is 11.8 Å². The predicted octanol–water partition coefficient (Wildman–Crippen LogP) is 2.34. The van der Waals surface area contributed by atoms with Crippen LogP contribution in [0.4, 0.5) is 5.69 Å². The highest BCUT2D eigenvalue weighted by atomic mass is 16.6. The molecule has 1 aromatic carbocycles. The van der Waals surface area contributed by atoms with Gasteiger partial charge in [-0.05, 0) is 70.6 Å². The van der Waals surface area contributed by atoms with Crippen LogP contribution in [-0.4, -0.2) is 64.8 Å². The Bertz CT molecular complexity index is 964. The number of amides is 2. The maximum absolute atomic E-state index is 13.7. The molecule has 3 fully saturated rings. The molecule has 1 spiro atoms. The van der Waals surface area contributed by atoms with Crippen LogP contribution < -0.4 is 5.32 Å². The Kier molecular flexibility index (Phi) is 6.26. The van der Waals surface area contributed by atoms with Gasteiger partial charge in [0.05, 0.1) is 18.1 Å². The van der Waals surface area contributed by atoms with Crippen molar-refractivity contribution in [3.8, 4) is 0 Å². The normalized spacial score (nSPS) is 32.2. The van der Waals surface area contributed by atoms with Crippen molar-refractivity contribution >= 4 is 23.5 Å². The predicted molar refractivity (Wildman–Crippen MR) is 121 cm³/mol. The molecule has 180 valence electrons. The fourth-order valence-corrected chi connectivity index (χ4v) is 6.02. The lowest BCUT2D eigenvalue weighted by atomic mass is 9.66. The molecule has 0 aliphatic carbocycles. The number of hydrogen-bond donors (Lipinski definition) is 2. The number of carbonyl (C=O) groups excluding carboxylic acids is 3. The Labute approximate surface area is 194 Å². The van der Waals surface area contributed by atoms with Gasteiger partial charge in [0, 0.05) is 18.8 Å². The second-order valence-electron chi connectivity index (χ2n) is 9.75. The second-order valence-corrected chi connectivity index (χ2v) is 9.75. The summed E-state index contributed by atoms with van der Waals surface area (Å²) in [6, 6.07) is 4.98. The van der Waals surface area contributed by atoms with Gasteiger partial charge in [-0.2, -0.15) is 0 Å². The minimum Gasteiger partial charge on any atom is -0.466 e. The number of benzene rings is 1. The van der Waals surface area contributed by atoms with E-state index in [1.165, 1.54) is 0 Å². The van der Waals surface area contributed by atoms with E-state index in [2.05, 4.69) is 5.32 Å². The number of fused-ring (bicyclic) bond motifs is 1. The molecule has 2 bridgehead atoms. The summed E-state index contributed by atoms with van der Waals surface area (Å²) in [7, 11) is 0. The van der Waals surface area contributed by atoms with Crippen molar-refractivity contribution in [1.82, 2.24) is 4.90 Å². The van der Waals surface area contributed by atoms with Gasteiger partial charge >= 0.3 is 5.97 Å². The molecule has 2 amide bonds. The van der Waals surface area contributed by atoms with Gasteiger partial charge in [-0.1, -0.05) is 12.1 Å². The molecular weight excluding hydrogens is 424 g/mol. The summed E-state index contributed by atoms with van der Waals surface area (Å²) in [5.74, 6) is -2.48. The lowest BCUT2D eigenvalue weighted by molar-refractivity contribution is -0.158. The Morgan fingerprint density at radius 3 is 2.73 bits per heavy atom. The van der Waals surface area contributed by atoms with E-state index in [1.807, 2.05) is 39.0 Å². The average Bonchev–Trinajstić information content (AvgIpc) is 3.32. The van der Waals surface area contributed by atoms with E-state index >= 15 is 0 Å². The van der Waals surface area contributed by atoms with Crippen molar-refractivity contribution < 1.29 is 29.0 Å². The van der Waals surface area contributed by atoms with Gasteiger partial charge < -0.3 is 24.8 Å². The van der Waals surface area contributed by atoms with E-state index in [0.717, 1.165) is 11.1 Å². The second kappa shape index (κ2) is 8.72. The lowest BCUT2D eigenvalue weighted by Crippen LogP contribution is -2.53. The zero-order valence-electron chi connectivity index (χ0n) is 19.8. The molecular formula is C25H34N2O6. The van der Waals surface area contributed by atoms with Gasteiger partial charge in [-0.3, -0.25) is 14.4 Å². The fourth-order valence-electron chi connectivity index (χ4n) is 6.02. The van der Waals surface area contributed by atoms with E-state index in [9.17, 15) is 19.5 Å². The molecule has 3 aliphatic rings. The van der Waals surface area contributed by atoms with Crippen molar-refractivity contribution in [3.05, 3.63) is 29.3 Å². The van der Waals surface area contributed by atoms with Crippen molar-refractivity contribution in [2.45, 2.75) is 70.6 Å². The number of aliphatic hydroxyl groups is 1. The van der Waals surface area contributed by atoms with Gasteiger partial charge in [-0.25, -0.2) is 0 Å². The molecule has 8 heteroatoms. The molecule has 1 aromatic rings. The molecule has 5 atom stereocenters. The lowest BCUT2D eigenvalue weighted by Gasteiger charge is -2.33. The zero-order chi connectivity index (χ0) is 24.0. The average molecular weight is 459 g/mol. The largest absolute Gasteiger partial charge is 0.466 e. The van der Waals surface area contributed by atoms with Crippen LogP contribution in [-0.2, 0) is 23.9 Å². The third-order valence-corrected chi connectivity index (χ3v) is 7.52.